The third kappa shape index (κ3) is 3.71. The fraction of sp³-hybridized carbons (Fsp3) is 0.462. The lowest BCUT2D eigenvalue weighted by atomic mass is 9.86. The van der Waals surface area contributed by atoms with Gasteiger partial charge >= 0.3 is 5.97 Å². The number of hydrogen-bond donors (Lipinski definition) is 2. The average molecular weight is 318 g/mol. The van der Waals surface area contributed by atoms with Crippen LogP contribution in [0.1, 0.15) is 25.7 Å². The number of sulfonamides is 1. The molecule has 1 aliphatic carbocycles. The summed E-state index contributed by atoms with van der Waals surface area (Å²) in [5.74, 6) is -1.33. The van der Waals surface area contributed by atoms with E-state index >= 15 is 0 Å². The first-order valence-corrected chi connectivity index (χ1v) is 8.25. The van der Waals surface area contributed by atoms with Crippen LogP contribution in [0.5, 0.6) is 0 Å². The van der Waals surface area contributed by atoms with E-state index in [0.717, 1.165) is 0 Å². The van der Waals surface area contributed by atoms with E-state index in [2.05, 4.69) is 4.72 Å². The Kier molecular flexibility index (Phi) is 4.67. The molecular weight excluding hydrogens is 302 g/mol. The second-order valence-electron chi connectivity index (χ2n) is 4.97. The SMILES string of the molecule is O=C(O)C1CCCC(NS(=O)(=O)c2ccc(Cl)cc2)C1. The van der Waals surface area contributed by atoms with Crippen LogP contribution in [0.2, 0.25) is 5.02 Å². The molecule has 0 bridgehead atoms. The van der Waals surface area contributed by atoms with E-state index in [1.54, 1.807) is 0 Å². The Morgan fingerprint density at radius 1 is 1.25 bits per heavy atom. The van der Waals surface area contributed by atoms with Gasteiger partial charge in [-0.15, -0.1) is 0 Å². The van der Waals surface area contributed by atoms with Crippen molar-refractivity contribution in [3.63, 3.8) is 0 Å². The summed E-state index contributed by atoms with van der Waals surface area (Å²) in [6.45, 7) is 0. The molecule has 0 radical (unpaired) electrons. The van der Waals surface area contributed by atoms with Crippen molar-refractivity contribution in [2.24, 2.45) is 5.92 Å². The van der Waals surface area contributed by atoms with E-state index in [1.807, 2.05) is 0 Å². The van der Waals surface area contributed by atoms with Crippen molar-refractivity contribution in [1.29, 1.82) is 0 Å². The van der Waals surface area contributed by atoms with E-state index in [-0.39, 0.29) is 10.9 Å². The highest BCUT2D eigenvalue weighted by Gasteiger charge is 2.29. The van der Waals surface area contributed by atoms with Gasteiger partial charge in [0.05, 0.1) is 10.8 Å². The smallest absolute Gasteiger partial charge is 0.306 e. The van der Waals surface area contributed by atoms with Crippen LogP contribution in [0.15, 0.2) is 29.2 Å². The topological polar surface area (TPSA) is 83.5 Å². The maximum absolute atomic E-state index is 12.2. The Balaban J connectivity index is 2.08. The lowest BCUT2D eigenvalue weighted by molar-refractivity contribution is -0.143. The van der Waals surface area contributed by atoms with Gasteiger partial charge in [-0.2, -0.15) is 0 Å². The van der Waals surface area contributed by atoms with Crippen molar-refractivity contribution < 1.29 is 18.3 Å². The molecule has 1 saturated carbocycles. The first-order valence-electron chi connectivity index (χ1n) is 6.39. The van der Waals surface area contributed by atoms with Crippen LogP contribution >= 0.6 is 11.6 Å². The van der Waals surface area contributed by atoms with Gasteiger partial charge in [0.15, 0.2) is 0 Å². The van der Waals surface area contributed by atoms with Gasteiger partial charge in [0.1, 0.15) is 0 Å². The number of benzene rings is 1. The Hall–Kier alpha value is -1.11. The quantitative estimate of drug-likeness (QED) is 0.892. The molecule has 0 aliphatic heterocycles. The predicted octanol–water partition coefficient (Wildman–Crippen LogP) is 2.26. The summed E-state index contributed by atoms with van der Waals surface area (Å²) in [4.78, 5) is 11.1. The standard InChI is InChI=1S/C13H16ClNO4S/c14-10-4-6-12(7-5-10)20(18,19)15-11-3-1-2-9(8-11)13(16)17/h4-7,9,11,15H,1-3,8H2,(H,16,17). The molecule has 20 heavy (non-hydrogen) atoms. The number of nitrogens with one attached hydrogen (secondary N) is 1. The molecule has 1 aromatic carbocycles. The van der Waals surface area contributed by atoms with Gasteiger partial charge in [0.2, 0.25) is 10.0 Å². The first-order chi connectivity index (χ1) is 9.38. The van der Waals surface area contributed by atoms with E-state index in [1.165, 1.54) is 24.3 Å². The average Bonchev–Trinajstić information content (AvgIpc) is 2.39. The van der Waals surface area contributed by atoms with Crippen LogP contribution < -0.4 is 4.72 Å². The Labute approximate surface area is 123 Å². The Morgan fingerprint density at radius 2 is 1.90 bits per heavy atom. The molecule has 7 heteroatoms. The minimum atomic E-state index is -3.63. The molecule has 110 valence electrons. The van der Waals surface area contributed by atoms with E-state index < -0.39 is 21.9 Å². The maximum atomic E-state index is 12.2. The number of carboxylic acids is 1. The van der Waals surface area contributed by atoms with E-state index in [9.17, 15) is 13.2 Å². The molecule has 1 aliphatic rings. The van der Waals surface area contributed by atoms with E-state index in [4.69, 9.17) is 16.7 Å². The minimum Gasteiger partial charge on any atom is -0.481 e. The zero-order valence-corrected chi connectivity index (χ0v) is 12.3. The van der Waals surface area contributed by atoms with Gasteiger partial charge in [0, 0.05) is 11.1 Å². The largest absolute Gasteiger partial charge is 0.481 e. The summed E-state index contributed by atoms with van der Waals surface area (Å²) in [5.41, 5.74) is 0. The van der Waals surface area contributed by atoms with Crippen LogP contribution in [-0.2, 0) is 14.8 Å². The molecule has 0 amide bonds. The van der Waals surface area contributed by atoms with Crippen molar-refractivity contribution in [3.05, 3.63) is 29.3 Å². The highest BCUT2D eigenvalue weighted by Crippen LogP contribution is 2.26. The van der Waals surface area contributed by atoms with Gasteiger partial charge in [-0.05, 0) is 43.5 Å². The second kappa shape index (κ2) is 6.11. The summed E-state index contributed by atoms with van der Waals surface area (Å²) in [5, 5.41) is 9.48. The fourth-order valence-electron chi connectivity index (χ4n) is 2.42. The molecule has 0 saturated heterocycles. The summed E-state index contributed by atoms with van der Waals surface area (Å²) in [6, 6.07) is 5.56. The van der Waals surface area contributed by atoms with Crippen molar-refractivity contribution in [3.8, 4) is 0 Å². The molecule has 2 atom stereocenters. The highest BCUT2D eigenvalue weighted by molar-refractivity contribution is 7.89. The van der Waals surface area contributed by atoms with Gasteiger partial charge in [-0.3, -0.25) is 4.79 Å². The summed E-state index contributed by atoms with van der Waals surface area (Å²) >= 11 is 5.73. The lowest BCUT2D eigenvalue weighted by Crippen LogP contribution is -2.39. The number of rotatable bonds is 4. The first kappa shape index (κ1) is 15.3. The van der Waals surface area contributed by atoms with Crippen LogP contribution in [0.4, 0.5) is 0 Å². The van der Waals surface area contributed by atoms with Crippen LogP contribution in [0.25, 0.3) is 0 Å². The molecule has 1 fully saturated rings. The van der Waals surface area contributed by atoms with Crippen molar-refractivity contribution in [2.45, 2.75) is 36.6 Å². The molecule has 5 nitrogen and oxygen atoms in total. The van der Waals surface area contributed by atoms with Gasteiger partial charge in [-0.1, -0.05) is 18.0 Å². The number of aliphatic carboxylic acids is 1. The third-order valence-corrected chi connectivity index (χ3v) is 5.26. The summed E-state index contributed by atoms with van der Waals surface area (Å²) < 4.78 is 27.0. The number of hydrogen-bond acceptors (Lipinski definition) is 3. The lowest BCUT2D eigenvalue weighted by Gasteiger charge is -2.27. The Bertz CT molecular complexity index is 585. The summed E-state index contributed by atoms with van der Waals surface area (Å²) in [7, 11) is -3.63. The van der Waals surface area contributed by atoms with Crippen molar-refractivity contribution >= 4 is 27.6 Å². The molecule has 2 rings (SSSR count). The van der Waals surface area contributed by atoms with Gasteiger partial charge in [-0.25, -0.2) is 13.1 Å². The van der Waals surface area contributed by atoms with Gasteiger partial charge in [0.25, 0.3) is 0 Å². The maximum Gasteiger partial charge on any atom is 0.306 e. The normalized spacial score (nSPS) is 23.4. The highest BCUT2D eigenvalue weighted by atomic mass is 35.5. The molecule has 2 N–H and O–H groups in total. The minimum absolute atomic E-state index is 0.138. The van der Waals surface area contributed by atoms with Crippen molar-refractivity contribution in [2.75, 3.05) is 0 Å². The molecular formula is C13H16ClNO4S. The second-order valence-corrected chi connectivity index (χ2v) is 7.12. The van der Waals surface area contributed by atoms with E-state index in [0.29, 0.717) is 30.7 Å². The van der Waals surface area contributed by atoms with Crippen LogP contribution in [0.3, 0.4) is 0 Å². The number of halogens is 1. The molecule has 1 aromatic rings. The fourth-order valence-corrected chi connectivity index (χ4v) is 3.83. The van der Waals surface area contributed by atoms with Crippen molar-refractivity contribution in [1.82, 2.24) is 4.72 Å². The Morgan fingerprint density at radius 3 is 2.50 bits per heavy atom. The van der Waals surface area contributed by atoms with Crippen LogP contribution in [-0.4, -0.2) is 25.5 Å². The zero-order chi connectivity index (χ0) is 14.8. The predicted molar refractivity (Wildman–Crippen MR) is 75.2 cm³/mol. The molecule has 2 unspecified atom stereocenters. The zero-order valence-electron chi connectivity index (χ0n) is 10.8. The monoisotopic (exact) mass is 317 g/mol. The van der Waals surface area contributed by atoms with Crippen LogP contribution in [0, 0.1) is 5.92 Å². The molecule has 0 aromatic heterocycles. The molecule has 0 spiro atoms. The summed E-state index contributed by atoms with van der Waals surface area (Å²) in [6.07, 6.45) is 2.32. The number of carbonyl (C=O) groups is 1. The third-order valence-electron chi connectivity index (χ3n) is 3.47. The number of carboxylic acid groups (broad SMARTS) is 1. The van der Waals surface area contributed by atoms with Gasteiger partial charge < -0.3 is 5.11 Å². The molecule has 0 heterocycles.